The number of nitrogens with zero attached hydrogens (tertiary/aromatic N) is 3. The number of nitrogen functional groups attached to an aromatic ring is 1. The van der Waals surface area contributed by atoms with Crippen LogP contribution in [0.3, 0.4) is 0 Å². The highest BCUT2D eigenvalue weighted by atomic mass is 32.2. The zero-order valence-electron chi connectivity index (χ0n) is 20.4. The summed E-state index contributed by atoms with van der Waals surface area (Å²) in [6.07, 6.45) is 0.0146. The zero-order valence-corrected chi connectivity index (χ0v) is 21.2. The number of carbonyl (C=O) groups is 2. The second-order valence-corrected chi connectivity index (χ2v) is 10.0. The first kappa shape index (κ1) is 24.8. The van der Waals surface area contributed by atoms with E-state index in [1.165, 1.54) is 11.8 Å². The maximum absolute atomic E-state index is 12.9. The number of rotatable bonds is 6. The number of ether oxygens (including phenoxy) is 3. The van der Waals surface area contributed by atoms with Crippen molar-refractivity contribution < 1.29 is 23.8 Å². The van der Waals surface area contributed by atoms with Crippen molar-refractivity contribution >= 4 is 35.5 Å². The third-order valence-electron chi connectivity index (χ3n) is 6.16. The normalized spacial score (nSPS) is 20.5. The predicted octanol–water partition coefficient (Wildman–Crippen LogP) is 4.26. The van der Waals surface area contributed by atoms with Crippen LogP contribution in [0.4, 0.5) is 11.8 Å². The first-order chi connectivity index (χ1) is 17.8. The molecule has 1 saturated heterocycles. The Bertz CT molecular complexity index is 1350. The monoisotopic (exact) mass is 518 g/mol. The van der Waals surface area contributed by atoms with Gasteiger partial charge in [-0.15, -0.1) is 0 Å². The van der Waals surface area contributed by atoms with Crippen LogP contribution >= 0.6 is 11.8 Å². The minimum Gasteiger partial charge on any atom is -0.459 e. The van der Waals surface area contributed by atoms with E-state index in [0.29, 0.717) is 28.4 Å². The molecular formula is C27H26N4O5S. The molecule has 2 N–H and O–H groups in total. The molecule has 0 aliphatic carbocycles. The fourth-order valence-corrected chi connectivity index (χ4v) is 5.07. The molecule has 9 nitrogen and oxygen atoms in total. The average molecular weight is 519 g/mol. The Morgan fingerprint density at radius 2 is 1.70 bits per heavy atom. The fourth-order valence-electron chi connectivity index (χ4n) is 4.17. The van der Waals surface area contributed by atoms with Gasteiger partial charge in [0.05, 0.1) is 21.1 Å². The van der Waals surface area contributed by atoms with Gasteiger partial charge < -0.3 is 19.9 Å². The summed E-state index contributed by atoms with van der Waals surface area (Å²) in [5.41, 5.74) is 8.75. The van der Waals surface area contributed by atoms with E-state index < -0.39 is 30.4 Å². The maximum Gasteiger partial charge on any atom is 0.338 e. The summed E-state index contributed by atoms with van der Waals surface area (Å²) in [7, 11) is 0. The van der Waals surface area contributed by atoms with Gasteiger partial charge in [-0.25, -0.2) is 14.6 Å². The molecule has 0 spiro atoms. The van der Waals surface area contributed by atoms with E-state index in [2.05, 4.69) is 16.5 Å². The van der Waals surface area contributed by atoms with E-state index in [1.807, 2.05) is 43.0 Å². The third kappa shape index (κ3) is 5.30. The number of thioether (sulfide) groups is 1. The molecule has 0 radical (unpaired) electrons. The number of carbonyl (C=O) groups excluding carboxylic acids is 2. The Hall–Kier alpha value is -3.89. The van der Waals surface area contributed by atoms with Gasteiger partial charge in [-0.05, 0) is 38.1 Å². The Morgan fingerprint density at radius 1 is 1.08 bits per heavy atom. The van der Waals surface area contributed by atoms with Crippen molar-refractivity contribution in [2.75, 3.05) is 17.2 Å². The Kier molecular flexibility index (Phi) is 6.86. The van der Waals surface area contributed by atoms with Crippen LogP contribution in [0.25, 0.3) is 0 Å². The second-order valence-electron chi connectivity index (χ2n) is 8.92. The van der Waals surface area contributed by atoms with Crippen molar-refractivity contribution in [3.8, 4) is 0 Å². The second kappa shape index (κ2) is 10.2. The van der Waals surface area contributed by atoms with Crippen LogP contribution < -0.4 is 10.6 Å². The molecular weight excluding hydrogens is 492 g/mol. The highest BCUT2D eigenvalue weighted by Gasteiger charge is 2.45. The van der Waals surface area contributed by atoms with Crippen molar-refractivity contribution in [2.24, 2.45) is 0 Å². The summed E-state index contributed by atoms with van der Waals surface area (Å²) >= 11 is 1.40. The Balaban J connectivity index is 1.35. The Labute approximate surface area is 218 Å². The number of nitrogens with two attached hydrogens (primary N) is 1. The Morgan fingerprint density at radius 3 is 2.35 bits per heavy atom. The molecule has 5 rings (SSSR count). The third-order valence-corrected chi connectivity index (χ3v) is 7.10. The van der Waals surface area contributed by atoms with Crippen LogP contribution in [-0.4, -0.2) is 46.9 Å². The highest BCUT2D eigenvalue weighted by molar-refractivity contribution is 8.03. The molecule has 3 heterocycles. The molecule has 37 heavy (non-hydrogen) atoms. The van der Waals surface area contributed by atoms with Crippen LogP contribution in [0.15, 0.2) is 71.2 Å². The van der Waals surface area contributed by atoms with E-state index in [9.17, 15) is 9.59 Å². The molecule has 1 fully saturated rings. The summed E-state index contributed by atoms with van der Waals surface area (Å²) in [6, 6.07) is 14.2. The molecule has 0 amide bonds. The van der Waals surface area contributed by atoms with Gasteiger partial charge in [0.1, 0.15) is 25.0 Å². The lowest BCUT2D eigenvalue weighted by Gasteiger charge is -2.25. The van der Waals surface area contributed by atoms with Crippen LogP contribution in [-0.2, 0) is 14.2 Å². The summed E-state index contributed by atoms with van der Waals surface area (Å²) in [4.78, 5) is 36.6. The summed E-state index contributed by atoms with van der Waals surface area (Å²) in [5, 5.41) is 0.681. The molecule has 0 saturated carbocycles. The molecule has 3 aromatic rings. The SMILES string of the molecule is C=C1Sc2cnc(N)nc2N1[C@H]1C[C@H](OC(=O)c2ccc(C)cc2)[C@@H](COC(=O)c2ccc(C)cc2)O1. The minimum absolute atomic E-state index is 0.0959. The maximum atomic E-state index is 12.9. The van der Waals surface area contributed by atoms with Crippen molar-refractivity contribution in [2.45, 2.75) is 43.6 Å². The van der Waals surface area contributed by atoms with Crippen LogP contribution in [0, 0.1) is 13.8 Å². The summed E-state index contributed by atoms with van der Waals surface area (Å²) < 4.78 is 17.7. The molecule has 2 aliphatic heterocycles. The molecule has 1 aromatic heterocycles. The molecule has 2 aliphatic rings. The topological polar surface area (TPSA) is 117 Å². The summed E-state index contributed by atoms with van der Waals surface area (Å²) in [5.74, 6) is -0.259. The van der Waals surface area contributed by atoms with Crippen molar-refractivity contribution in [3.63, 3.8) is 0 Å². The van der Waals surface area contributed by atoms with E-state index in [4.69, 9.17) is 19.9 Å². The average Bonchev–Trinajstić information content (AvgIpc) is 3.42. The van der Waals surface area contributed by atoms with Gasteiger partial charge in [0, 0.05) is 12.6 Å². The molecule has 190 valence electrons. The number of esters is 2. The first-order valence-electron chi connectivity index (χ1n) is 11.7. The van der Waals surface area contributed by atoms with Gasteiger partial charge in [0.15, 0.2) is 5.82 Å². The number of anilines is 2. The van der Waals surface area contributed by atoms with Gasteiger partial charge in [-0.3, -0.25) is 4.90 Å². The fraction of sp³-hybridized carbons (Fsp3) is 0.259. The van der Waals surface area contributed by atoms with E-state index in [-0.39, 0.29) is 12.6 Å². The van der Waals surface area contributed by atoms with Crippen LogP contribution in [0.2, 0.25) is 0 Å². The lowest BCUT2D eigenvalue weighted by atomic mass is 10.1. The van der Waals surface area contributed by atoms with Gasteiger partial charge in [-0.1, -0.05) is 53.7 Å². The zero-order chi connectivity index (χ0) is 26.1. The highest BCUT2D eigenvalue weighted by Crippen LogP contribution is 2.47. The number of fused-ring (bicyclic) bond motifs is 1. The van der Waals surface area contributed by atoms with Crippen molar-refractivity contribution in [1.29, 1.82) is 0 Å². The number of hydrogen-bond donors (Lipinski definition) is 1. The molecule has 0 bridgehead atoms. The van der Waals surface area contributed by atoms with Gasteiger partial charge in [-0.2, -0.15) is 4.98 Å². The number of aryl methyl sites for hydroxylation is 2. The first-order valence-corrected chi connectivity index (χ1v) is 12.6. The van der Waals surface area contributed by atoms with Crippen LogP contribution in [0.1, 0.15) is 38.3 Å². The van der Waals surface area contributed by atoms with Gasteiger partial charge in [0.25, 0.3) is 0 Å². The minimum atomic E-state index is -0.699. The molecule has 3 atom stereocenters. The van der Waals surface area contributed by atoms with Crippen LogP contribution in [0.5, 0.6) is 0 Å². The number of hydrogen-bond acceptors (Lipinski definition) is 10. The standard InChI is InChI=1S/C27H26N4O5S/c1-15-4-8-18(9-5-15)25(32)34-14-21-20(36-26(33)19-10-6-16(2)7-11-19)12-23(35-21)31-17(3)37-22-13-29-27(28)30-24(22)31/h4-11,13,20-21,23H,3,12,14H2,1-2H3,(H2,28,29,30)/t20-,21+,23+/m0/s1. The van der Waals surface area contributed by atoms with Gasteiger partial charge in [0.2, 0.25) is 5.95 Å². The lowest BCUT2D eigenvalue weighted by molar-refractivity contribution is -0.0413. The van der Waals surface area contributed by atoms with E-state index >= 15 is 0 Å². The quantitative estimate of drug-likeness (QED) is 0.475. The van der Waals surface area contributed by atoms with Gasteiger partial charge >= 0.3 is 11.9 Å². The van der Waals surface area contributed by atoms with Crippen molar-refractivity contribution in [3.05, 3.63) is 88.6 Å². The lowest BCUT2D eigenvalue weighted by Crippen LogP contribution is -2.33. The molecule has 10 heteroatoms. The summed E-state index contributed by atoms with van der Waals surface area (Å²) in [6.45, 7) is 7.91. The van der Waals surface area contributed by atoms with E-state index in [0.717, 1.165) is 16.0 Å². The largest absolute Gasteiger partial charge is 0.459 e. The smallest absolute Gasteiger partial charge is 0.338 e. The molecule has 2 aromatic carbocycles. The predicted molar refractivity (Wildman–Crippen MR) is 139 cm³/mol. The number of benzene rings is 2. The van der Waals surface area contributed by atoms with Crippen molar-refractivity contribution in [1.82, 2.24) is 9.97 Å². The molecule has 0 unspecified atom stereocenters. The number of aromatic nitrogens is 2. The van der Waals surface area contributed by atoms with E-state index in [1.54, 1.807) is 30.5 Å².